The van der Waals surface area contributed by atoms with Crippen LogP contribution in [0.5, 0.6) is 0 Å². The molecule has 0 aromatic carbocycles. The Morgan fingerprint density at radius 1 is 1.38 bits per heavy atom. The van der Waals surface area contributed by atoms with Gasteiger partial charge in [-0.05, 0) is 19.3 Å². The Kier molecular flexibility index (Phi) is 3.19. The average molecular weight is 228 g/mol. The van der Waals surface area contributed by atoms with Crippen molar-refractivity contribution in [2.24, 2.45) is 5.73 Å². The highest BCUT2D eigenvalue weighted by molar-refractivity contribution is 5.87. The number of amides is 1. The first-order chi connectivity index (χ1) is 7.60. The number of carbonyl (C=O) groups excluding carboxylic acids is 1. The monoisotopic (exact) mass is 228 g/mol. The molecule has 2 fully saturated rings. The molecule has 1 aliphatic heterocycles. The van der Waals surface area contributed by atoms with Crippen LogP contribution in [0.15, 0.2) is 0 Å². The second-order valence-electron chi connectivity index (χ2n) is 5.06. The van der Waals surface area contributed by atoms with Gasteiger partial charge >= 0.3 is 0 Å². The number of aliphatic hydroxyl groups is 1. The smallest absolute Gasteiger partial charge is 0.243 e. The van der Waals surface area contributed by atoms with Gasteiger partial charge in [-0.1, -0.05) is 12.8 Å². The molecule has 0 spiro atoms. The molecule has 1 saturated carbocycles. The Hall–Kier alpha value is -0.650. The highest BCUT2D eigenvalue weighted by Crippen LogP contribution is 2.30. The van der Waals surface area contributed by atoms with Gasteiger partial charge in [0.15, 0.2) is 0 Å². The number of rotatable bonds is 3. The molecule has 16 heavy (non-hydrogen) atoms. The van der Waals surface area contributed by atoms with Gasteiger partial charge in [-0.3, -0.25) is 4.79 Å². The van der Waals surface area contributed by atoms with Crippen LogP contribution >= 0.6 is 0 Å². The van der Waals surface area contributed by atoms with Crippen LogP contribution in [-0.4, -0.2) is 41.9 Å². The number of nitrogens with two attached hydrogens (primary N) is 1. The second-order valence-corrected chi connectivity index (χ2v) is 5.06. The van der Waals surface area contributed by atoms with E-state index in [1.54, 1.807) is 0 Å². The highest BCUT2D eigenvalue weighted by Gasteiger charge is 2.43. The van der Waals surface area contributed by atoms with Gasteiger partial charge in [-0.25, -0.2) is 0 Å². The number of ether oxygens (including phenoxy) is 1. The van der Waals surface area contributed by atoms with E-state index in [1.807, 2.05) is 0 Å². The van der Waals surface area contributed by atoms with Crippen LogP contribution in [0.4, 0.5) is 0 Å². The van der Waals surface area contributed by atoms with Gasteiger partial charge in [0.05, 0.1) is 18.8 Å². The van der Waals surface area contributed by atoms with Gasteiger partial charge in [0, 0.05) is 6.61 Å². The number of hydrogen-bond donors (Lipinski definition) is 3. The van der Waals surface area contributed by atoms with Gasteiger partial charge < -0.3 is 20.9 Å². The number of hydrogen-bond acceptors (Lipinski definition) is 4. The summed E-state index contributed by atoms with van der Waals surface area (Å²) in [5.41, 5.74) is 4.64. The standard InChI is InChI=1S/C11H20N2O3/c12-11(5-6-16-8-11)9(15)13-10(7-14)3-1-2-4-10/h14H,1-8,12H2,(H,13,15). The van der Waals surface area contributed by atoms with Gasteiger partial charge in [0.25, 0.3) is 0 Å². The number of nitrogens with one attached hydrogen (secondary N) is 1. The maximum absolute atomic E-state index is 12.1. The zero-order chi connectivity index (χ0) is 11.6. The molecular weight excluding hydrogens is 208 g/mol. The van der Waals surface area contributed by atoms with Crippen LogP contribution in [0, 0.1) is 0 Å². The molecule has 0 radical (unpaired) electrons. The van der Waals surface area contributed by atoms with E-state index in [0.717, 1.165) is 25.7 Å². The molecule has 4 N–H and O–H groups in total. The van der Waals surface area contributed by atoms with Gasteiger partial charge in [0.1, 0.15) is 5.54 Å². The van der Waals surface area contributed by atoms with E-state index in [0.29, 0.717) is 13.0 Å². The minimum absolute atomic E-state index is 0.00429. The lowest BCUT2D eigenvalue weighted by molar-refractivity contribution is -0.129. The molecule has 2 rings (SSSR count). The molecular formula is C11H20N2O3. The van der Waals surface area contributed by atoms with E-state index in [2.05, 4.69) is 5.32 Å². The van der Waals surface area contributed by atoms with Crippen molar-refractivity contribution in [1.29, 1.82) is 0 Å². The zero-order valence-corrected chi connectivity index (χ0v) is 9.50. The predicted octanol–water partition coefficient (Wildman–Crippen LogP) is -0.475. The summed E-state index contributed by atoms with van der Waals surface area (Å²) in [6, 6.07) is 0. The summed E-state index contributed by atoms with van der Waals surface area (Å²) in [6.45, 7) is 0.812. The average Bonchev–Trinajstić information content (AvgIpc) is 2.89. The van der Waals surface area contributed by atoms with Crippen LogP contribution in [0.1, 0.15) is 32.1 Å². The quantitative estimate of drug-likeness (QED) is 0.609. The van der Waals surface area contributed by atoms with E-state index in [1.165, 1.54) is 0 Å². The van der Waals surface area contributed by atoms with Crippen molar-refractivity contribution in [2.75, 3.05) is 19.8 Å². The summed E-state index contributed by atoms with van der Waals surface area (Å²) in [6.07, 6.45) is 4.34. The third kappa shape index (κ3) is 2.07. The topological polar surface area (TPSA) is 84.6 Å². The molecule has 92 valence electrons. The summed E-state index contributed by atoms with van der Waals surface area (Å²) in [5.74, 6) is -0.180. The molecule has 1 saturated heterocycles. The van der Waals surface area contributed by atoms with Crippen molar-refractivity contribution in [3.8, 4) is 0 Å². The lowest BCUT2D eigenvalue weighted by Crippen LogP contribution is -2.61. The zero-order valence-electron chi connectivity index (χ0n) is 9.50. The fourth-order valence-electron chi connectivity index (χ4n) is 2.50. The number of carbonyl (C=O) groups is 1. The summed E-state index contributed by atoms with van der Waals surface area (Å²) in [7, 11) is 0. The maximum Gasteiger partial charge on any atom is 0.243 e. The summed E-state index contributed by atoms with van der Waals surface area (Å²) < 4.78 is 5.16. The Morgan fingerprint density at radius 2 is 2.06 bits per heavy atom. The van der Waals surface area contributed by atoms with Crippen molar-refractivity contribution in [1.82, 2.24) is 5.32 Å². The molecule has 1 atom stereocenters. The highest BCUT2D eigenvalue weighted by atomic mass is 16.5. The van der Waals surface area contributed by atoms with E-state index in [9.17, 15) is 9.90 Å². The molecule has 0 aromatic rings. The molecule has 5 heteroatoms. The summed E-state index contributed by atoms with van der Waals surface area (Å²) in [4.78, 5) is 12.1. The van der Waals surface area contributed by atoms with Crippen molar-refractivity contribution < 1.29 is 14.6 Å². The molecule has 0 bridgehead atoms. The lowest BCUT2D eigenvalue weighted by Gasteiger charge is -2.32. The molecule has 0 aromatic heterocycles. The van der Waals surface area contributed by atoms with Crippen LogP contribution < -0.4 is 11.1 Å². The number of aliphatic hydroxyl groups excluding tert-OH is 1. The SMILES string of the molecule is NC1(C(=O)NC2(CO)CCCC2)CCOC1. The third-order valence-electron chi connectivity index (χ3n) is 3.75. The van der Waals surface area contributed by atoms with E-state index in [-0.39, 0.29) is 19.1 Å². The van der Waals surface area contributed by atoms with Crippen LogP contribution in [0.25, 0.3) is 0 Å². The first-order valence-corrected chi connectivity index (χ1v) is 5.90. The van der Waals surface area contributed by atoms with Crippen LogP contribution in [0.3, 0.4) is 0 Å². The Morgan fingerprint density at radius 3 is 2.56 bits per heavy atom. The third-order valence-corrected chi connectivity index (χ3v) is 3.75. The molecule has 5 nitrogen and oxygen atoms in total. The Balaban J connectivity index is 2.00. The molecule has 1 unspecified atom stereocenters. The summed E-state index contributed by atoms with van der Waals surface area (Å²) >= 11 is 0. The van der Waals surface area contributed by atoms with E-state index in [4.69, 9.17) is 10.5 Å². The first-order valence-electron chi connectivity index (χ1n) is 5.90. The normalized spacial score (nSPS) is 32.9. The van der Waals surface area contributed by atoms with Gasteiger partial charge in [-0.2, -0.15) is 0 Å². The van der Waals surface area contributed by atoms with Crippen molar-refractivity contribution in [3.05, 3.63) is 0 Å². The predicted molar refractivity (Wildman–Crippen MR) is 58.8 cm³/mol. The Labute approximate surface area is 95.3 Å². The Bertz CT molecular complexity index is 268. The molecule has 2 aliphatic rings. The van der Waals surface area contributed by atoms with Gasteiger partial charge in [-0.15, -0.1) is 0 Å². The van der Waals surface area contributed by atoms with Crippen molar-refractivity contribution in [2.45, 2.75) is 43.2 Å². The van der Waals surface area contributed by atoms with Crippen LogP contribution in [0.2, 0.25) is 0 Å². The largest absolute Gasteiger partial charge is 0.394 e. The van der Waals surface area contributed by atoms with Crippen LogP contribution in [-0.2, 0) is 9.53 Å². The molecule has 1 aliphatic carbocycles. The second kappa shape index (κ2) is 4.31. The lowest BCUT2D eigenvalue weighted by atomic mass is 9.93. The molecule has 1 heterocycles. The minimum atomic E-state index is -0.898. The molecule has 1 amide bonds. The fraction of sp³-hybridized carbons (Fsp3) is 0.909. The minimum Gasteiger partial charge on any atom is -0.394 e. The fourth-order valence-corrected chi connectivity index (χ4v) is 2.50. The van der Waals surface area contributed by atoms with Crippen molar-refractivity contribution >= 4 is 5.91 Å². The van der Waals surface area contributed by atoms with Crippen molar-refractivity contribution in [3.63, 3.8) is 0 Å². The first kappa shape index (κ1) is 11.8. The van der Waals surface area contributed by atoms with E-state index < -0.39 is 11.1 Å². The summed E-state index contributed by atoms with van der Waals surface area (Å²) in [5, 5.41) is 12.3. The van der Waals surface area contributed by atoms with Gasteiger partial charge in [0.2, 0.25) is 5.91 Å². The van der Waals surface area contributed by atoms with E-state index >= 15 is 0 Å². The maximum atomic E-state index is 12.1.